The fraction of sp³-hybridized carbons (Fsp3) is 0.312. The molecule has 20 heavy (non-hydrogen) atoms. The van der Waals surface area contributed by atoms with Crippen molar-refractivity contribution >= 4 is 5.97 Å². The lowest BCUT2D eigenvalue weighted by Gasteiger charge is -2.12. The molecule has 0 saturated carbocycles. The zero-order chi connectivity index (χ0) is 14.5. The predicted octanol–water partition coefficient (Wildman–Crippen LogP) is 3.44. The molecule has 4 nitrogen and oxygen atoms in total. The molecule has 0 aliphatic rings. The largest absolute Gasteiger partial charge is 0.462 e. The van der Waals surface area contributed by atoms with Gasteiger partial charge in [-0.2, -0.15) is 0 Å². The Morgan fingerprint density at radius 2 is 1.90 bits per heavy atom. The molecule has 2 aromatic rings. The molecule has 0 radical (unpaired) electrons. The number of hydrogen-bond donors (Lipinski definition) is 0. The Morgan fingerprint density at radius 1 is 1.20 bits per heavy atom. The number of rotatable bonds is 4. The van der Waals surface area contributed by atoms with Crippen LogP contribution in [-0.2, 0) is 4.74 Å². The Bertz CT molecular complexity index is 595. The average molecular weight is 270 g/mol. The van der Waals surface area contributed by atoms with Crippen molar-refractivity contribution in [2.45, 2.75) is 26.7 Å². The summed E-state index contributed by atoms with van der Waals surface area (Å²) in [5, 5.41) is 0. The van der Waals surface area contributed by atoms with Crippen LogP contribution in [0.1, 0.15) is 42.7 Å². The van der Waals surface area contributed by atoms with Crippen LogP contribution in [0.2, 0.25) is 0 Å². The van der Waals surface area contributed by atoms with Crippen LogP contribution in [0.5, 0.6) is 0 Å². The van der Waals surface area contributed by atoms with E-state index in [1.165, 1.54) is 0 Å². The van der Waals surface area contributed by atoms with E-state index in [2.05, 4.69) is 9.97 Å². The molecule has 2 heterocycles. The van der Waals surface area contributed by atoms with Crippen LogP contribution in [0, 0.1) is 0 Å². The van der Waals surface area contributed by atoms with Crippen LogP contribution in [0.15, 0.2) is 36.7 Å². The van der Waals surface area contributed by atoms with Gasteiger partial charge < -0.3 is 4.74 Å². The van der Waals surface area contributed by atoms with Crippen LogP contribution in [0.4, 0.5) is 0 Å². The summed E-state index contributed by atoms with van der Waals surface area (Å²) in [6, 6.07) is 7.43. The van der Waals surface area contributed by atoms with Gasteiger partial charge in [-0.05, 0) is 37.1 Å². The molecule has 0 aliphatic carbocycles. The molecular formula is C16H18N2O2. The van der Waals surface area contributed by atoms with Crippen LogP contribution >= 0.6 is 0 Å². The van der Waals surface area contributed by atoms with E-state index >= 15 is 0 Å². The summed E-state index contributed by atoms with van der Waals surface area (Å²) in [5.74, 6) is -0.166. The van der Waals surface area contributed by atoms with Gasteiger partial charge in [-0.1, -0.05) is 13.8 Å². The summed E-state index contributed by atoms with van der Waals surface area (Å²) in [6.45, 7) is 6.19. The lowest BCUT2D eigenvalue weighted by Crippen LogP contribution is -2.11. The summed E-state index contributed by atoms with van der Waals surface area (Å²) < 4.78 is 5.08. The predicted molar refractivity (Wildman–Crippen MR) is 77.5 cm³/mol. The second-order valence-corrected chi connectivity index (χ2v) is 4.74. The van der Waals surface area contributed by atoms with Gasteiger partial charge in [0.15, 0.2) is 0 Å². The van der Waals surface area contributed by atoms with Crippen molar-refractivity contribution in [1.82, 2.24) is 9.97 Å². The molecule has 104 valence electrons. The normalized spacial score (nSPS) is 10.6. The third kappa shape index (κ3) is 3.02. The molecule has 0 saturated heterocycles. The number of aromatic nitrogens is 2. The zero-order valence-corrected chi connectivity index (χ0v) is 12.0. The van der Waals surface area contributed by atoms with Crippen LogP contribution in [0.3, 0.4) is 0 Å². The highest BCUT2D eigenvalue weighted by atomic mass is 16.5. The van der Waals surface area contributed by atoms with Crippen molar-refractivity contribution in [2.24, 2.45) is 0 Å². The summed E-state index contributed by atoms with van der Waals surface area (Å²) in [7, 11) is 0. The maximum atomic E-state index is 11.9. The Balaban J connectivity index is 2.45. The van der Waals surface area contributed by atoms with Crippen molar-refractivity contribution in [2.75, 3.05) is 6.61 Å². The standard InChI is InChI=1S/C16H18N2O2/c1-4-20-16(19)13-5-6-14(18-15(13)11(2)3)12-7-9-17-10-8-12/h5-11H,4H2,1-3H3. The lowest BCUT2D eigenvalue weighted by molar-refractivity contribution is 0.0524. The molecule has 0 unspecified atom stereocenters. The fourth-order valence-electron chi connectivity index (χ4n) is 1.98. The van der Waals surface area contributed by atoms with Crippen molar-refractivity contribution in [3.63, 3.8) is 0 Å². The highest BCUT2D eigenvalue weighted by Gasteiger charge is 2.17. The molecule has 0 atom stereocenters. The van der Waals surface area contributed by atoms with Crippen LogP contribution in [-0.4, -0.2) is 22.5 Å². The van der Waals surface area contributed by atoms with Crippen molar-refractivity contribution in [1.29, 1.82) is 0 Å². The molecule has 0 spiro atoms. The first-order valence-corrected chi connectivity index (χ1v) is 6.72. The number of esters is 1. The van der Waals surface area contributed by atoms with E-state index in [0.717, 1.165) is 17.0 Å². The van der Waals surface area contributed by atoms with E-state index in [4.69, 9.17) is 4.74 Å². The topological polar surface area (TPSA) is 52.1 Å². The molecule has 0 fully saturated rings. The highest BCUT2D eigenvalue weighted by Crippen LogP contribution is 2.23. The number of nitrogens with zero attached hydrogens (tertiary/aromatic N) is 2. The van der Waals surface area contributed by atoms with Gasteiger partial charge >= 0.3 is 5.97 Å². The molecule has 2 rings (SSSR count). The Kier molecular flexibility index (Phi) is 4.45. The van der Waals surface area contributed by atoms with Gasteiger partial charge in [-0.15, -0.1) is 0 Å². The average Bonchev–Trinajstić information content (AvgIpc) is 2.47. The van der Waals surface area contributed by atoms with Gasteiger partial charge in [0.1, 0.15) is 0 Å². The second-order valence-electron chi connectivity index (χ2n) is 4.74. The first-order valence-electron chi connectivity index (χ1n) is 6.72. The van der Waals surface area contributed by atoms with Gasteiger partial charge in [-0.3, -0.25) is 9.97 Å². The van der Waals surface area contributed by atoms with Crippen LogP contribution in [0.25, 0.3) is 11.3 Å². The van der Waals surface area contributed by atoms with Crippen molar-refractivity contribution in [3.8, 4) is 11.3 Å². The summed E-state index contributed by atoms with van der Waals surface area (Å²) >= 11 is 0. The quantitative estimate of drug-likeness (QED) is 0.798. The van der Waals surface area contributed by atoms with E-state index < -0.39 is 0 Å². The number of pyridine rings is 2. The Hall–Kier alpha value is -2.23. The smallest absolute Gasteiger partial charge is 0.339 e. The minimum atomic E-state index is -0.315. The molecular weight excluding hydrogens is 252 g/mol. The first kappa shape index (κ1) is 14.2. The van der Waals surface area contributed by atoms with E-state index in [0.29, 0.717) is 12.2 Å². The minimum Gasteiger partial charge on any atom is -0.462 e. The number of carbonyl (C=O) groups is 1. The lowest BCUT2D eigenvalue weighted by atomic mass is 10.0. The summed E-state index contributed by atoms with van der Waals surface area (Å²) in [6.07, 6.45) is 3.45. The number of ether oxygens (including phenoxy) is 1. The fourth-order valence-corrected chi connectivity index (χ4v) is 1.98. The van der Waals surface area contributed by atoms with E-state index in [1.54, 1.807) is 25.4 Å². The Morgan fingerprint density at radius 3 is 2.50 bits per heavy atom. The molecule has 0 N–H and O–H groups in total. The van der Waals surface area contributed by atoms with Gasteiger partial charge in [0, 0.05) is 18.0 Å². The maximum absolute atomic E-state index is 11.9. The van der Waals surface area contributed by atoms with E-state index in [-0.39, 0.29) is 11.9 Å². The van der Waals surface area contributed by atoms with Gasteiger partial charge in [0.2, 0.25) is 0 Å². The molecule has 2 aromatic heterocycles. The maximum Gasteiger partial charge on any atom is 0.339 e. The highest BCUT2D eigenvalue weighted by molar-refractivity contribution is 5.91. The van der Waals surface area contributed by atoms with E-state index in [1.807, 2.05) is 32.0 Å². The van der Waals surface area contributed by atoms with Crippen LogP contribution < -0.4 is 0 Å². The third-order valence-electron chi connectivity index (χ3n) is 2.94. The number of hydrogen-bond acceptors (Lipinski definition) is 4. The van der Waals surface area contributed by atoms with Crippen molar-refractivity contribution in [3.05, 3.63) is 47.9 Å². The molecule has 0 aliphatic heterocycles. The SMILES string of the molecule is CCOC(=O)c1ccc(-c2ccncc2)nc1C(C)C. The molecule has 4 heteroatoms. The molecule has 0 amide bonds. The number of carbonyl (C=O) groups excluding carboxylic acids is 1. The zero-order valence-electron chi connectivity index (χ0n) is 12.0. The summed E-state index contributed by atoms with van der Waals surface area (Å²) in [5.41, 5.74) is 3.12. The monoisotopic (exact) mass is 270 g/mol. The summed E-state index contributed by atoms with van der Waals surface area (Å²) in [4.78, 5) is 20.6. The van der Waals surface area contributed by atoms with E-state index in [9.17, 15) is 4.79 Å². The van der Waals surface area contributed by atoms with Gasteiger partial charge in [0.05, 0.1) is 23.6 Å². The van der Waals surface area contributed by atoms with Gasteiger partial charge in [0.25, 0.3) is 0 Å². The first-order chi connectivity index (χ1) is 9.63. The third-order valence-corrected chi connectivity index (χ3v) is 2.94. The molecule has 0 aromatic carbocycles. The second kappa shape index (κ2) is 6.28. The molecule has 0 bridgehead atoms. The minimum absolute atomic E-state index is 0.149. The van der Waals surface area contributed by atoms with Crippen molar-refractivity contribution < 1.29 is 9.53 Å². The Labute approximate surface area is 118 Å². The van der Waals surface area contributed by atoms with Gasteiger partial charge in [-0.25, -0.2) is 4.79 Å².